The van der Waals surface area contributed by atoms with E-state index in [1.54, 1.807) is 0 Å². The van der Waals surface area contributed by atoms with E-state index in [-0.39, 0.29) is 18.5 Å². The van der Waals surface area contributed by atoms with Gasteiger partial charge in [-0.3, -0.25) is 9.59 Å². The molecule has 490 valence electrons. The minimum Gasteiger partial charge on any atom is -0.466 e. The van der Waals surface area contributed by atoms with Crippen molar-refractivity contribution in [1.29, 1.82) is 0 Å². The second-order valence-electron chi connectivity index (χ2n) is 26.7. The molecule has 2 unspecified atom stereocenters. The standard InChI is InChI=1S/C76H151NO5/c1-3-5-7-9-11-13-15-17-18-19-39-42-45-48-52-56-60-64-68-74(79)73(72-78)77-75(80)69-65-61-57-53-49-46-43-40-37-35-33-31-29-27-25-23-21-20-22-24-26-28-30-32-34-36-38-41-44-47-51-55-59-63-67-71-82-76(81)70-66-62-58-54-50-16-14-12-10-8-6-4-2/h73-74,78-79H,3-72H2,1-2H3,(H,77,80). The third kappa shape index (κ3) is 68.0. The van der Waals surface area contributed by atoms with E-state index in [2.05, 4.69) is 19.2 Å². The normalized spacial score (nSPS) is 12.4. The molecule has 2 atom stereocenters. The van der Waals surface area contributed by atoms with Crippen molar-refractivity contribution in [3.05, 3.63) is 0 Å². The molecule has 1 amide bonds. The first-order valence-electron chi connectivity index (χ1n) is 38.3. The van der Waals surface area contributed by atoms with E-state index in [1.807, 2.05) is 0 Å². The van der Waals surface area contributed by atoms with Gasteiger partial charge in [0.15, 0.2) is 0 Å². The smallest absolute Gasteiger partial charge is 0.305 e. The second-order valence-corrected chi connectivity index (χ2v) is 26.7. The third-order valence-corrected chi connectivity index (χ3v) is 18.4. The molecule has 0 aliphatic rings. The van der Waals surface area contributed by atoms with E-state index >= 15 is 0 Å². The maximum atomic E-state index is 12.5. The summed E-state index contributed by atoms with van der Waals surface area (Å²) in [6, 6.07) is -0.537. The molecule has 0 spiro atoms. The lowest BCUT2D eigenvalue weighted by Gasteiger charge is -2.22. The molecule has 0 aromatic carbocycles. The zero-order chi connectivity index (χ0) is 59.2. The largest absolute Gasteiger partial charge is 0.466 e. The van der Waals surface area contributed by atoms with Crippen molar-refractivity contribution in [2.24, 2.45) is 0 Å². The first-order chi connectivity index (χ1) is 40.5. The van der Waals surface area contributed by atoms with E-state index in [0.717, 1.165) is 38.5 Å². The van der Waals surface area contributed by atoms with Crippen LogP contribution in [0.15, 0.2) is 0 Å². The first-order valence-corrected chi connectivity index (χ1v) is 38.3. The average Bonchev–Trinajstić information content (AvgIpc) is 3.48. The molecule has 0 bridgehead atoms. The van der Waals surface area contributed by atoms with E-state index in [1.165, 1.54) is 379 Å². The Labute approximate surface area is 515 Å². The maximum Gasteiger partial charge on any atom is 0.305 e. The molecule has 6 heteroatoms. The van der Waals surface area contributed by atoms with Gasteiger partial charge in [-0.15, -0.1) is 0 Å². The molecule has 0 radical (unpaired) electrons. The van der Waals surface area contributed by atoms with Crippen molar-refractivity contribution in [2.45, 2.75) is 463 Å². The van der Waals surface area contributed by atoms with Crippen LogP contribution in [-0.4, -0.2) is 47.4 Å². The van der Waals surface area contributed by atoms with E-state index in [4.69, 9.17) is 4.74 Å². The molecule has 0 aromatic heterocycles. The molecule has 0 saturated heterocycles. The Hall–Kier alpha value is -1.14. The molecular weight excluding hydrogens is 1010 g/mol. The van der Waals surface area contributed by atoms with Gasteiger partial charge in [-0.2, -0.15) is 0 Å². The van der Waals surface area contributed by atoms with Gasteiger partial charge in [0.1, 0.15) is 0 Å². The number of aliphatic hydroxyl groups is 2. The number of rotatable bonds is 73. The second kappa shape index (κ2) is 72.3. The summed E-state index contributed by atoms with van der Waals surface area (Å²) in [5, 5.41) is 23.4. The molecule has 0 aliphatic carbocycles. The fourth-order valence-electron chi connectivity index (χ4n) is 12.6. The quantitative estimate of drug-likeness (QED) is 0.0417. The van der Waals surface area contributed by atoms with Gasteiger partial charge in [0.2, 0.25) is 5.91 Å². The topological polar surface area (TPSA) is 95.9 Å². The molecule has 0 heterocycles. The van der Waals surface area contributed by atoms with Crippen LogP contribution in [0, 0.1) is 0 Å². The summed E-state index contributed by atoms with van der Waals surface area (Å²) in [5.41, 5.74) is 0. The summed E-state index contributed by atoms with van der Waals surface area (Å²) < 4.78 is 5.49. The fraction of sp³-hybridized carbons (Fsp3) is 0.974. The number of ether oxygens (including phenoxy) is 1. The highest BCUT2D eigenvalue weighted by Crippen LogP contribution is 2.20. The minimum atomic E-state index is -0.660. The number of carbonyl (C=O) groups is 2. The van der Waals surface area contributed by atoms with Gasteiger partial charge in [0.25, 0.3) is 0 Å². The average molecular weight is 1160 g/mol. The van der Waals surface area contributed by atoms with Gasteiger partial charge in [0, 0.05) is 12.8 Å². The highest BCUT2D eigenvalue weighted by Gasteiger charge is 2.20. The highest BCUT2D eigenvalue weighted by molar-refractivity contribution is 5.76. The summed E-state index contributed by atoms with van der Waals surface area (Å²) in [6.45, 7) is 5.01. The zero-order valence-electron chi connectivity index (χ0n) is 56.3. The van der Waals surface area contributed by atoms with Gasteiger partial charge >= 0.3 is 5.97 Å². The predicted molar refractivity (Wildman–Crippen MR) is 361 cm³/mol. The third-order valence-electron chi connectivity index (χ3n) is 18.4. The molecule has 82 heavy (non-hydrogen) atoms. The number of hydrogen-bond acceptors (Lipinski definition) is 5. The van der Waals surface area contributed by atoms with E-state index < -0.39 is 12.1 Å². The van der Waals surface area contributed by atoms with Crippen LogP contribution in [-0.2, 0) is 14.3 Å². The minimum absolute atomic E-state index is 0.0245. The lowest BCUT2D eigenvalue weighted by atomic mass is 10.0. The van der Waals surface area contributed by atoms with Crippen LogP contribution in [0.3, 0.4) is 0 Å². The van der Waals surface area contributed by atoms with Crippen LogP contribution in [0.4, 0.5) is 0 Å². The zero-order valence-corrected chi connectivity index (χ0v) is 56.3. The lowest BCUT2D eigenvalue weighted by Crippen LogP contribution is -2.45. The SMILES string of the molecule is CCCCCCCCCCCCCCCCCCCCC(O)C(CO)NC(=O)CCCCCCCCCCCCCCCCCCCCCCCCCCCCCCCCCCCCCOC(=O)CCCCCCCCCCCCCC. The van der Waals surface area contributed by atoms with Crippen LogP contribution >= 0.6 is 0 Å². The Morgan fingerprint density at radius 3 is 0.744 bits per heavy atom. The number of nitrogens with one attached hydrogen (secondary N) is 1. The molecule has 0 rings (SSSR count). The predicted octanol–water partition coefficient (Wildman–Crippen LogP) is 24.9. The van der Waals surface area contributed by atoms with Gasteiger partial charge in [-0.1, -0.05) is 412 Å². The van der Waals surface area contributed by atoms with Crippen molar-refractivity contribution in [1.82, 2.24) is 5.32 Å². The Balaban J connectivity index is 3.30. The summed E-state index contributed by atoms with van der Waals surface area (Å²) in [5.74, 6) is 0.0000214. The molecule has 6 nitrogen and oxygen atoms in total. The van der Waals surface area contributed by atoms with Crippen LogP contribution in [0.25, 0.3) is 0 Å². The molecule has 0 fully saturated rings. The molecule has 0 aliphatic heterocycles. The van der Waals surface area contributed by atoms with Crippen LogP contribution in [0.2, 0.25) is 0 Å². The van der Waals surface area contributed by atoms with Crippen molar-refractivity contribution in [2.75, 3.05) is 13.2 Å². The summed E-state index contributed by atoms with van der Waals surface area (Å²) in [6.07, 6.45) is 89.1. The number of hydrogen-bond donors (Lipinski definition) is 3. The number of amides is 1. The van der Waals surface area contributed by atoms with Crippen molar-refractivity contribution >= 4 is 11.9 Å². The summed E-state index contributed by atoms with van der Waals surface area (Å²) in [7, 11) is 0. The van der Waals surface area contributed by atoms with Crippen molar-refractivity contribution in [3.8, 4) is 0 Å². The number of aliphatic hydroxyl groups excluding tert-OH is 2. The number of carbonyl (C=O) groups excluding carboxylic acids is 2. The molecule has 0 aromatic rings. The molecule has 0 saturated carbocycles. The van der Waals surface area contributed by atoms with Gasteiger partial charge < -0.3 is 20.3 Å². The fourth-order valence-corrected chi connectivity index (χ4v) is 12.6. The number of esters is 1. The van der Waals surface area contributed by atoms with Gasteiger partial charge in [-0.25, -0.2) is 0 Å². The lowest BCUT2D eigenvalue weighted by molar-refractivity contribution is -0.143. The Kier molecular flexibility index (Phi) is 71.3. The summed E-state index contributed by atoms with van der Waals surface area (Å²) in [4.78, 5) is 24.6. The van der Waals surface area contributed by atoms with Crippen LogP contribution in [0.1, 0.15) is 450 Å². The summed E-state index contributed by atoms with van der Waals surface area (Å²) >= 11 is 0. The Morgan fingerprint density at radius 1 is 0.293 bits per heavy atom. The first kappa shape index (κ1) is 80.9. The van der Waals surface area contributed by atoms with Crippen LogP contribution < -0.4 is 5.32 Å². The molecular formula is C76H151NO5. The Bertz CT molecular complexity index is 1200. The van der Waals surface area contributed by atoms with Crippen molar-refractivity contribution < 1.29 is 24.5 Å². The van der Waals surface area contributed by atoms with Crippen LogP contribution in [0.5, 0.6) is 0 Å². The Morgan fingerprint density at radius 2 is 0.500 bits per heavy atom. The monoisotopic (exact) mass is 1160 g/mol. The molecule has 3 N–H and O–H groups in total. The van der Waals surface area contributed by atoms with Crippen molar-refractivity contribution in [3.63, 3.8) is 0 Å². The van der Waals surface area contributed by atoms with Gasteiger partial charge in [0.05, 0.1) is 25.4 Å². The van der Waals surface area contributed by atoms with E-state index in [0.29, 0.717) is 25.9 Å². The van der Waals surface area contributed by atoms with Gasteiger partial charge in [-0.05, 0) is 25.7 Å². The maximum absolute atomic E-state index is 12.5. The highest BCUT2D eigenvalue weighted by atomic mass is 16.5. The van der Waals surface area contributed by atoms with E-state index in [9.17, 15) is 19.8 Å². The number of unbranched alkanes of at least 4 members (excludes halogenated alkanes) is 62.